The molecule has 1 saturated carbocycles. The smallest absolute Gasteiger partial charge is 0.337 e. The first-order valence-electron chi connectivity index (χ1n) is 9.02. The average molecular weight is 388 g/mol. The van der Waals surface area contributed by atoms with E-state index in [1.165, 1.54) is 7.11 Å². The molecule has 0 heterocycles. The van der Waals surface area contributed by atoms with Crippen LogP contribution in [0.25, 0.3) is 0 Å². The molecule has 27 heavy (non-hydrogen) atoms. The Labute approximate surface area is 160 Å². The van der Waals surface area contributed by atoms with Gasteiger partial charge in [-0.1, -0.05) is 31.0 Å². The number of nitrogens with one attached hydrogen (secondary N) is 2. The van der Waals surface area contributed by atoms with Crippen LogP contribution in [0.4, 0.5) is 5.69 Å². The van der Waals surface area contributed by atoms with Crippen LogP contribution in [0.5, 0.6) is 0 Å². The molecule has 7 heteroatoms. The third-order valence-electron chi connectivity index (χ3n) is 4.78. The lowest BCUT2D eigenvalue weighted by atomic mass is 9.91. The minimum absolute atomic E-state index is 0.0128. The first-order chi connectivity index (χ1) is 13.0. The molecule has 0 aromatic heterocycles. The number of carbonyl (C=O) groups excluding carboxylic acids is 1. The number of esters is 1. The SMILES string of the molecule is COC(=O)c1ccc(NC2CCCCC2NS(=O)(=O)c2ccccc2)cc1. The van der Waals surface area contributed by atoms with E-state index in [4.69, 9.17) is 4.74 Å². The van der Waals surface area contributed by atoms with Crippen LogP contribution in [0.2, 0.25) is 0 Å². The molecular formula is C20H24N2O4S. The molecular weight excluding hydrogens is 364 g/mol. The van der Waals surface area contributed by atoms with Gasteiger partial charge in [0.1, 0.15) is 0 Å². The number of benzene rings is 2. The van der Waals surface area contributed by atoms with Crippen LogP contribution in [0.3, 0.4) is 0 Å². The van der Waals surface area contributed by atoms with Crippen LogP contribution in [0.1, 0.15) is 36.0 Å². The second-order valence-corrected chi connectivity index (χ2v) is 8.36. The number of methoxy groups -OCH3 is 1. The summed E-state index contributed by atoms with van der Waals surface area (Å²) in [7, 11) is -2.21. The Morgan fingerprint density at radius 1 is 0.963 bits per heavy atom. The predicted molar refractivity (Wildman–Crippen MR) is 104 cm³/mol. The molecule has 6 nitrogen and oxygen atoms in total. The first-order valence-corrected chi connectivity index (χ1v) is 10.5. The molecule has 3 rings (SSSR count). The topological polar surface area (TPSA) is 84.5 Å². The van der Waals surface area contributed by atoms with Crippen molar-refractivity contribution in [3.63, 3.8) is 0 Å². The molecule has 2 unspecified atom stereocenters. The van der Waals surface area contributed by atoms with Crippen molar-refractivity contribution in [2.75, 3.05) is 12.4 Å². The van der Waals surface area contributed by atoms with Crippen LogP contribution >= 0.6 is 0 Å². The minimum Gasteiger partial charge on any atom is -0.465 e. The second-order valence-electron chi connectivity index (χ2n) is 6.65. The molecule has 144 valence electrons. The van der Waals surface area contributed by atoms with Crippen molar-refractivity contribution in [2.24, 2.45) is 0 Å². The van der Waals surface area contributed by atoms with Gasteiger partial charge in [0.2, 0.25) is 10.0 Å². The van der Waals surface area contributed by atoms with Gasteiger partial charge < -0.3 is 10.1 Å². The molecule has 0 saturated heterocycles. The zero-order valence-corrected chi connectivity index (χ0v) is 16.0. The summed E-state index contributed by atoms with van der Waals surface area (Å²) in [6.45, 7) is 0. The number of carbonyl (C=O) groups is 1. The van der Waals surface area contributed by atoms with Gasteiger partial charge in [0.25, 0.3) is 0 Å². The number of hydrogen-bond acceptors (Lipinski definition) is 5. The summed E-state index contributed by atoms with van der Waals surface area (Å²) in [5.74, 6) is -0.382. The molecule has 0 aliphatic heterocycles. The zero-order chi connectivity index (χ0) is 19.3. The highest BCUT2D eigenvalue weighted by Gasteiger charge is 2.29. The van der Waals surface area contributed by atoms with E-state index in [0.717, 1.165) is 31.4 Å². The molecule has 1 aliphatic carbocycles. The van der Waals surface area contributed by atoms with Gasteiger partial charge in [0, 0.05) is 17.8 Å². The zero-order valence-electron chi connectivity index (χ0n) is 15.2. The Balaban J connectivity index is 1.71. The van der Waals surface area contributed by atoms with E-state index in [1.807, 2.05) is 12.1 Å². The summed E-state index contributed by atoms with van der Waals surface area (Å²) in [4.78, 5) is 11.8. The van der Waals surface area contributed by atoms with Crippen molar-refractivity contribution < 1.29 is 17.9 Å². The summed E-state index contributed by atoms with van der Waals surface area (Å²) in [6, 6.07) is 15.2. The summed E-state index contributed by atoms with van der Waals surface area (Å²) in [5.41, 5.74) is 1.33. The number of ether oxygens (including phenoxy) is 1. The summed E-state index contributed by atoms with van der Waals surface area (Å²) in [6.07, 6.45) is 3.69. The van der Waals surface area contributed by atoms with Crippen LogP contribution < -0.4 is 10.0 Å². The monoisotopic (exact) mass is 388 g/mol. The molecule has 2 aromatic rings. The van der Waals surface area contributed by atoms with Gasteiger partial charge in [-0.05, 0) is 49.2 Å². The third kappa shape index (κ3) is 4.87. The maximum Gasteiger partial charge on any atom is 0.337 e. The highest BCUT2D eigenvalue weighted by molar-refractivity contribution is 7.89. The molecule has 0 amide bonds. The van der Waals surface area contributed by atoms with E-state index < -0.39 is 10.0 Å². The predicted octanol–water partition coefficient (Wildman–Crippen LogP) is 3.17. The van der Waals surface area contributed by atoms with Gasteiger partial charge in [0.15, 0.2) is 0 Å². The largest absolute Gasteiger partial charge is 0.465 e. The summed E-state index contributed by atoms with van der Waals surface area (Å²) in [5, 5.41) is 3.41. The van der Waals surface area contributed by atoms with Gasteiger partial charge in [-0.2, -0.15) is 0 Å². The van der Waals surface area contributed by atoms with E-state index >= 15 is 0 Å². The summed E-state index contributed by atoms with van der Waals surface area (Å²) < 4.78 is 32.9. The number of anilines is 1. The fraction of sp³-hybridized carbons (Fsp3) is 0.350. The lowest BCUT2D eigenvalue weighted by Crippen LogP contribution is -2.48. The Bertz CT molecular complexity index is 867. The number of sulfonamides is 1. The molecule has 1 fully saturated rings. The second kappa shape index (κ2) is 8.54. The Kier molecular flexibility index (Phi) is 6.13. The first kappa shape index (κ1) is 19.4. The van der Waals surface area contributed by atoms with E-state index in [0.29, 0.717) is 5.56 Å². The molecule has 0 bridgehead atoms. The van der Waals surface area contributed by atoms with E-state index in [9.17, 15) is 13.2 Å². The van der Waals surface area contributed by atoms with Crippen molar-refractivity contribution in [1.29, 1.82) is 0 Å². The van der Waals surface area contributed by atoms with Crippen LogP contribution in [0, 0.1) is 0 Å². The lowest BCUT2D eigenvalue weighted by molar-refractivity contribution is 0.0600. The van der Waals surface area contributed by atoms with Crippen molar-refractivity contribution in [2.45, 2.75) is 42.7 Å². The number of rotatable bonds is 6. The Morgan fingerprint density at radius 3 is 2.22 bits per heavy atom. The van der Waals surface area contributed by atoms with Crippen molar-refractivity contribution in [3.8, 4) is 0 Å². The van der Waals surface area contributed by atoms with E-state index in [1.54, 1.807) is 42.5 Å². The Hall–Kier alpha value is -2.38. The quantitative estimate of drug-likeness (QED) is 0.743. The minimum atomic E-state index is -3.56. The van der Waals surface area contributed by atoms with Crippen LogP contribution in [0.15, 0.2) is 59.5 Å². The van der Waals surface area contributed by atoms with E-state index in [2.05, 4.69) is 10.0 Å². The molecule has 0 spiro atoms. The molecule has 2 N–H and O–H groups in total. The van der Waals surface area contributed by atoms with Crippen LogP contribution in [-0.4, -0.2) is 33.6 Å². The Morgan fingerprint density at radius 2 is 1.59 bits per heavy atom. The molecule has 2 aromatic carbocycles. The molecule has 0 radical (unpaired) electrons. The molecule has 2 atom stereocenters. The third-order valence-corrected chi connectivity index (χ3v) is 6.29. The average Bonchev–Trinajstić information content (AvgIpc) is 2.70. The number of hydrogen-bond donors (Lipinski definition) is 2. The van der Waals surface area contributed by atoms with Gasteiger partial charge in [-0.25, -0.2) is 17.9 Å². The highest BCUT2D eigenvalue weighted by Crippen LogP contribution is 2.24. The van der Waals surface area contributed by atoms with Gasteiger partial charge >= 0.3 is 5.97 Å². The lowest BCUT2D eigenvalue weighted by Gasteiger charge is -2.33. The fourth-order valence-corrected chi connectivity index (χ4v) is 4.68. The van der Waals surface area contributed by atoms with Gasteiger partial charge in [-0.15, -0.1) is 0 Å². The highest BCUT2D eigenvalue weighted by atomic mass is 32.2. The van der Waals surface area contributed by atoms with Gasteiger partial charge in [0.05, 0.1) is 17.6 Å². The van der Waals surface area contributed by atoms with Gasteiger partial charge in [-0.3, -0.25) is 0 Å². The normalized spacial score (nSPS) is 20.0. The van der Waals surface area contributed by atoms with Crippen molar-refractivity contribution in [1.82, 2.24) is 4.72 Å². The standard InChI is InChI=1S/C20H24N2O4S/c1-26-20(23)15-11-13-16(14-12-15)21-18-9-5-6-10-19(18)22-27(24,25)17-7-3-2-4-8-17/h2-4,7-8,11-14,18-19,21-22H,5-6,9-10H2,1H3. The van der Waals surface area contributed by atoms with Crippen LogP contribution in [-0.2, 0) is 14.8 Å². The van der Waals surface area contributed by atoms with E-state index in [-0.39, 0.29) is 22.9 Å². The fourth-order valence-electron chi connectivity index (χ4n) is 3.35. The van der Waals surface area contributed by atoms with Crippen molar-refractivity contribution in [3.05, 3.63) is 60.2 Å². The maximum atomic E-state index is 12.7. The molecule has 1 aliphatic rings. The summed E-state index contributed by atoms with van der Waals surface area (Å²) >= 11 is 0. The van der Waals surface area contributed by atoms with Crippen molar-refractivity contribution >= 4 is 21.7 Å². The maximum absolute atomic E-state index is 12.7.